The first-order valence-corrected chi connectivity index (χ1v) is 18.6. The van der Waals surface area contributed by atoms with Gasteiger partial charge in [0, 0.05) is 25.0 Å². The van der Waals surface area contributed by atoms with Gasteiger partial charge in [0.05, 0.1) is 13.2 Å². The second-order valence-corrected chi connectivity index (χ2v) is 13.1. The summed E-state index contributed by atoms with van der Waals surface area (Å²) in [6, 6.07) is 36.3. The summed E-state index contributed by atoms with van der Waals surface area (Å²) >= 11 is 0. The monoisotopic (exact) mass is 698 g/mol. The van der Waals surface area contributed by atoms with Gasteiger partial charge in [-0.2, -0.15) is 0 Å². The number of hydrogen-bond donors (Lipinski definition) is 0. The van der Waals surface area contributed by atoms with Crippen molar-refractivity contribution < 1.29 is 28.5 Å². The normalized spacial score (nSPS) is 10.8. The Kier molecular flexibility index (Phi) is 14.1. The molecule has 5 aromatic carbocycles. The van der Waals surface area contributed by atoms with E-state index in [4.69, 9.17) is 18.9 Å². The molecule has 5 aromatic rings. The molecule has 0 radical (unpaired) electrons. The average Bonchev–Trinajstić information content (AvgIpc) is 3.15. The van der Waals surface area contributed by atoms with Crippen LogP contribution in [0.1, 0.15) is 79.1 Å². The predicted octanol–water partition coefficient (Wildman–Crippen LogP) is 12.1. The molecule has 0 atom stereocenters. The number of carbonyl (C=O) groups is 2. The molecule has 0 amide bonds. The standard InChI is InChI=1S/C46H50O6/c1-5-7-9-11-29-49-45-31-44(40-19-15-36(16-20-40)38-23-27-42(28-24-38)52-34(4)48)46(50-30-12-10-8-6-2)32-43(45)39-17-13-35(14-18-39)37-21-25-41(26-22-37)51-33(3)47/h13-28,31-32H,5-12,29-30H2,1-4H3. The van der Waals surface area contributed by atoms with Gasteiger partial charge in [-0.1, -0.05) is 125 Å². The van der Waals surface area contributed by atoms with Crippen LogP contribution in [0.15, 0.2) is 109 Å². The van der Waals surface area contributed by atoms with E-state index in [1.54, 1.807) is 0 Å². The summed E-state index contributed by atoms with van der Waals surface area (Å²) in [5.74, 6) is 2.04. The lowest BCUT2D eigenvalue weighted by molar-refractivity contribution is -0.132. The summed E-state index contributed by atoms with van der Waals surface area (Å²) in [6.45, 7) is 8.51. The van der Waals surface area contributed by atoms with Crippen molar-refractivity contribution in [1.82, 2.24) is 0 Å². The van der Waals surface area contributed by atoms with Crippen molar-refractivity contribution in [2.24, 2.45) is 0 Å². The van der Waals surface area contributed by atoms with Gasteiger partial charge in [-0.3, -0.25) is 9.59 Å². The molecule has 0 spiro atoms. The molecular formula is C46H50O6. The molecule has 0 bridgehead atoms. The van der Waals surface area contributed by atoms with Gasteiger partial charge < -0.3 is 18.9 Å². The molecule has 270 valence electrons. The lowest BCUT2D eigenvalue weighted by Gasteiger charge is -2.19. The first-order chi connectivity index (χ1) is 25.3. The molecule has 0 aromatic heterocycles. The van der Waals surface area contributed by atoms with Crippen LogP contribution in [-0.2, 0) is 9.59 Å². The van der Waals surface area contributed by atoms with E-state index < -0.39 is 0 Å². The van der Waals surface area contributed by atoms with Gasteiger partial charge in [-0.05, 0) is 82.6 Å². The maximum Gasteiger partial charge on any atom is 0.308 e. The van der Waals surface area contributed by atoms with Crippen LogP contribution in [0, 0.1) is 0 Å². The summed E-state index contributed by atoms with van der Waals surface area (Å²) in [5, 5.41) is 0. The molecule has 0 aliphatic heterocycles. The number of unbranched alkanes of at least 4 members (excludes halogenated alkanes) is 6. The molecule has 52 heavy (non-hydrogen) atoms. The Morgan fingerprint density at radius 2 is 0.731 bits per heavy atom. The zero-order valence-corrected chi connectivity index (χ0v) is 30.9. The second kappa shape index (κ2) is 19.3. The summed E-state index contributed by atoms with van der Waals surface area (Å²) in [5.41, 5.74) is 8.25. The molecule has 0 unspecified atom stereocenters. The highest BCUT2D eigenvalue weighted by atomic mass is 16.5. The first-order valence-electron chi connectivity index (χ1n) is 18.6. The smallest absolute Gasteiger partial charge is 0.308 e. The minimum absolute atomic E-state index is 0.336. The number of hydrogen-bond acceptors (Lipinski definition) is 6. The van der Waals surface area contributed by atoms with E-state index in [-0.39, 0.29) is 11.9 Å². The van der Waals surface area contributed by atoms with Gasteiger partial charge in [0.2, 0.25) is 0 Å². The van der Waals surface area contributed by atoms with E-state index in [1.807, 2.05) is 48.5 Å². The summed E-state index contributed by atoms with van der Waals surface area (Å²) in [7, 11) is 0. The molecule has 5 rings (SSSR count). The second-order valence-electron chi connectivity index (χ2n) is 13.1. The van der Waals surface area contributed by atoms with Gasteiger partial charge in [0.15, 0.2) is 0 Å². The Hall–Kier alpha value is -5.36. The molecule has 0 heterocycles. The van der Waals surface area contributed by atoms with Crippen LogP contribution in [0.3, 0.4) is 0 Å². The fourth-order valence-electron chi connectivity index (χ4n) is 6.12. The number of rotatable bonds is 18. The van der Waals surface area contributed by atoms with Crippen molar-refractivity contribution in [1.29, 1.82) is 0 Å². The zero-order chi connectivity index (χ0) is 36.7. The molecule has 0 N–H and O–H groups in total. The van der Waals surface area contributed by atoms with Crippen LogP contribution < -0.4 is 18.9 Å². The first kappa shape index (κ1) is 37.9. The molecule has 6 heteroatoms. The SMILES string of the molecule is CCCCCCOc1cc(-c2ccc(-c3ccc(OC(C)=O)cc3)cc2)c(OCCCCCC)cc1-c1ccc(-c2ccc(OC(C)=O)cc2)cc1. The van der Waals surface area contributed by atoms with Crippen LogP contribution in [0.5, 0.6) is 23.0 Å². The minimum Gasteiger partial charge on any atom is -0.493 e. The largest absolute Gasteiger partial charge is 0.493 e. The molecule has 0 aliphatic rings. The number of carbonyl (C=O) groups excluding carboxylic acids is 2. The lowest BCUT2D eigenvalue weighted by Crippen LogP contribution is -2.03. The van der Waals surface area contributed by atoms with Crippen LogP contribution in [0.4, 0.5) is 0 Å². The topological polar surface area (TPSA) is 71.1 Å². The highest BCUT2D eigenvalue weighted by Crippen LogP contribution is 2.42. The van der Waals surface area contributed by atoms with Crippen molar-refractivity contribution in [3.8, 4) is 67.5 Å². The van der Waals surface area contributed by atoms with Crippen LogP contribution in [0.2, 0.25) is 0 Å². The fourth-order valence-corrected chi connectivity index (χ4v) is 6.12. The summed E-state index contributed by atoms with van der Waals surface area (Å²) in [4.78, 5) is 22.7. The van der Waals surface area contributed by atoms with Crippen molar-refractivity contribution in [2.45, 2.75) is 79.1 Å². The van der Waals surface area contributed by atoms with Crippen LogP contribution in [-0.4, -0.2) is 25.2 Å². The zero-order valence-electron chi connectivity index (χ0n) is 30.9. The van der Waals surface area contributed by atoms with Gasteiger partial charge in [-0.15, -0.1) is 0 Å². The summed E-state index contributed by atoms with van der Waals surface area (Å²) < 4.78 is 23.6. The molecular weight excluding hydrogens is 649 g/mol. The molecule has 0 fully saturated rings. The Bertz CT molecular complexity index is 1730. The van der Waals surface area contributed by atoms with Crippen molar-refractivity contribution in [3.05, 3.63) is 109 Å². The Morgan fingerprint density at radius 1 is 0.423 bits per heavy atom. The van der Waals surface area contributed by atoms with Crippen LogP contribution in [0.25, 0.3) is 44.5 Å². The summed E-state index contributed by atoms with van der Waals surface area (Å²) in [6.07, 6.45) is 8.97. The third-order valence-corrected chi connectivity index (χ3v) is 8.88. The van der Waals surface area contributed by atoms with E-state index in [0.29, 0.717) is 24.7 Å². The number of ether oxygens (including phenoxy) is 4. The van der Waals surface area contributed by atoms with Crippen molar-refractivity contribution in [2.75, 3.05) is 13.2 Å². The highest BCUT2D eigenvalue weighted by molar-refractivity contribution is 5.83. The van der Waals surface area contributed by atoms with Crippen molar-refractivity contribution in [3.63, 3.8) is 0 Å². The maximum atomic E-state index is 11.4. The Labute approximate surface area is 308 Å². The number of esters is 2. The third kappa shape index (κ3) is 10.8. The lowest BCUT2D eigenvalue weighted by atomic mass is 9.95. The molecule has 6 nitrogen and oxygen atoms in total. The van der Waals surface area contributed by atoms with Gasteiger partial charge in [0.25, 0.3) is 0 Å². The van der Waals surface area contributed by atoms with E-state index >= 15 is 0 Å². The minimum atomic E-state index is -0.336. The quantitative estimate of drug-likeness (QED) is 0.0515. The van der Waals surface area contributed by atoms with E-state index in [9.17, 15) is 9.59 Å². The molecule has 0 aliphatic carbocycles. The van der Waals surface area contributed by atoms with Gasteiger partial charge >= 0.3 is 11.9 Å². The average molecular weight is 699 g/mol. The third-order valence-electron chi connectivity index (χ3n) is 8.88. The molecule has 0 saturated heterocycles. The van der Waals surface area contributed by atoms with Gasteiger partial charge in [0.1, 0.15) is 23.0 Å². The van der Waals surface area contributed by atoms with Crippen molar-refractivity contribution >= 4 is 11.9 Å². The Morgan fingerprint density at radius 3 is 1.04 bits per heavy atom. The maximum absolute atomic E-state index is 11.4. The molecule has 0 saturated carbocycles. The fraction of sp³-hybridized carbons (Fsp3) is 0.304. The van der Waals surface area contributed by atoms with Gasteiger partial charge in [-0.25, -0.2) is 0 Å². The van der Waals surface area contributed by atoms with E-state index in [1.165, 1.54) is 39.5 Å². The Balaban J connectivity index is 1.48. The van der Waals surface area contributed by atoms with Crippen LogP contribution >= 0.6 is 0 Å². The van der Waals surface area contributed by atoms with E-state index in [0.717, 1.165) is 81.7 Å². The highest BCUT2D eigenvalue weighted by Gasteiger charge is 2.17. The number of benzene rings is 5. The van der Waals surface area contributed by atoms with E-state index in [2.05, 4.69) is 74.5 Å². The predicted molar refractivity (Wildman–Crippen MR) is 210 cm³/mol.